The summed E-state index contributed by atoms with van der Waals surface area (Å²) >= 11 is 1.15. The van der Waals surface area contributed by atoms with E-state index in [4.69, 9.17) is 4.74 Å². The van der Waals surface area contributed by atoms with Crippen LogP contribution in [0.5, 0.6) is 0 Å². The van der Waals surface area contributed by atoms with Gasteiger partial charge in [-0.25, -0.2) is 13.8 Å². The predicted octanol–water partition coefficient (Wildman–Crippen LogP) is 4.24. The molecule has 2 N–H and O–H groups in total. The molecule has 1 aliphatic rings. The normalized spacial score (nSPS) is 12.7. The highest BCUT2D eigenvalue weighted by Gasteiger charge is 2.15. The molecule has 6 nitrogen and oxygen atoms in total. The van der Waals surface area contributed by atoms with E-state index in [2.05, 4.69) is 15.6 Å². The third-order valence-corrected chi connectivity index (χ3v) is 4.76. The molecule has 0 fully saturated rings. The molecule has 0 spiro atoms. The summed E-state index contributed by atoms with van der Waals surface area (Å²) in [6, 6.07) is 10.4. The van der Waals surface area contributed by atoms with Crippen LogP contribution in [0, 0.1) is 11.6 Å². The standard InChI is InChI=1S/C20H17F2N3O3S/c1-28-20(27)10-13-9-19(25-17-5-3-2-4-16(17)23-13)29-11-18(26)24-12-6-7-14(21)15(22)8-12/h2-9,23H,10-11H2,1H3,(H,24,26). The van der Waals surface area contributed by atoms with Gasteiger partial charge in [0.2, 0.25) is 5.91 Å². The summed E-state index contributed by atoms with van der Waals surface area (Å²) in [7, 11) is 1.31. The topological polar surface area (TPSA) is 79.8 Å². The minimum Gasteiger partial charge on any atom is -0.469 e. The van der Waals surface area contributed by atoms with Gasteiger partial charge in [0, 0.05) is 17.5 Å². The van der Waals surface area contributed by atoms with Crippen LogP contribution in [-0.2, 0) is 14.3 Å². The number of hydrogen-bond acceptors (Lipinski definition) is 6. The molecule has 2 aromatic rings. The summed E-state index contributed by atoms with van der Waals surface area (Å²) in [6.45, 7) is 0. The Morgan fingerprint density at radius 1 is 1.17 bits per heavy atom. The maximum atomic E-state index is 13.3. The van der Waals surface area contributed by atoms with Crippen LogP contribution in [0.1, 0.15) is 6.42 Å². The Bertz CT molecular complexity index is 1010. The van der Waals surface area contributed by atoms with Crippen LogP contribution >= 0.6 is 11.8 Å². The molecule has 0 radical (unpaired) electrons. The Morgan fingerprint density at radius 2 is 1.97 bits per heavy atom. The highest BCUT2D eigenvalue weighted by atomic mass is 32.2. The van der Waals surface area contributed by atoms with Crippen LogP contribution in [0.15, 0.2) is 59.2 Å². The minimum atomic E-state index is -1.04. The Balaban J connectivity index is 1.72. The number of hydrogen-bond donors (Lipinski definition) is 2. The Kier molecular flexibility index (Phi) is 6.61. The molecule has 0 bridgehead atoms. The average Bonchev–Trinajstić information content (AvgIpc) is 2.87. The van der Waals surface area contributed by atoms with Gasteiger partial charge >= 0.3 is 5.97 Å². The first kappa shape index (κ1) is 20.5. The van der Waals surface area contributed by atoms with E-state index in [1.54, 1.807) is 12.1 Å². The summed E-state index contributed by atoms with van der Waals surface area (Å²) < 4.78 is 31.0. The third-order valence-electron chi connectivity index (χ3n) is 3.84. The predicted molar refractivity (Wildman–Crippen MR) is 109 cm³/mol. The zero-order valence-electron chi connectivity index (χ0n) is 15.4. The van der Waals surface area contributed by atoms with Crippen molar-refractivity contribution in [2.75, 3.05) is 23.5 Å². The summed E-state index contributed by atoms with van der Waals surface area (Å²) in [5, 5.41) is 6.17. The fourth-order valence-electron chi connectivity index (χ4n) is 2.49. The van der Waals surface area contributed by atoms with Gasteiger partial charge in [0.15, 0.2) is 11.6 Å². The largest absolute Gasteiger partial charge is 0.469 e. The number of esters is 1. The number of halogens is 2. The van der Waals surface area contributed by atoms with Crippen molar-refractivity contribution in [1.29, 1.82) is 0 Å². The van der Waals surface area contributed by atoms with Crippen LogP contribution in [0.4, 0.5) is 25.8 Å². The van der Waals surface area contributed by atoms with Crippen molar-refractivity contribution in [3.63, 3.8) is 0 Å². The van der Waals surface area contributed by atoms with Crippen molar-refractivity contribution in [3.8, 4) is 0 Å². The quantitative estimate of drug-likeness (QED) is 0.712. The molecule has 3 rings (SSSR count). The molecule has 0 unspecified atom stereocenters. The second-order valence-electron chi connectivity index (χ2n) is 5.98. The molecule has 0 aliphatic carbocycles. The Hall–Kier alpha value is -3.20. The van der Waals surface area contributed by atoms with Gasteiger partial charge in [-0.3, -0.25) is 9.59 Å². The van der Waals surface area contributed by atoms with E-state index >= 15 is 0 Å². The van der Waals surface area contributed by atoms with Gasteiger partial charge in [0.05, 0.1) is 35.7 Å². The number of fused-ring (bicyclic) bond motifs is 1. The van der Waals surface area contributed by atoms with E-state index in [9.17, 15) is 18.4 Å². The smallest absolute Gasteiger partial charge is 0.311 e. The molecular weight excluding hydrogens is 400 g/mol. The van der Waals surface area contributed by atoms with Crippen molar-refractivity contribution >= 4 is 45.7 Å². The zero-order valence-corrected chi connectivity index (χ0v) is 16.2. The third kappa shape index (κ3) is 5.64. The molecule has 29 heavy (non-hydrogen) atoms. The number of ether oxygens (including phenoxy) is 1. The van der Waals surface area contributed by atoms with E-state index in [0.29, 0.717) is 16.4 Å². The fraction of sp³-hybridized carbons (Fsp3) is 0.150. The van der Waals surface area contributed by atoms with Crippen LogP contribution in [0.2, 0.25) is 0 Å². The lowest BCUT2D eigenvalue weighted by atomic mass is 10.2. The molecule has 150 valence electrons. The van der Waals surface area contributed by atoms with Crippen molar-refractivity contribution < 1.29 is 23.1 Å². The highest BCUT2D eigenvalue weighted by Crippen LogP contribution is 2.31. The number of aliphatic imine (C=N–C) groups is 1. The van der Waals surface area contributed by atoms with E-state index in [1.165, 1.54) is 13.2 Å². The van der Waals surface area contributed by atoms with Gasteiger partial charge in [-0.15, -0.1) is 0 Å². The Labute approximate surface area is 170 Å². The number of thioether (sulfide) groups is 1. The van der Waals surface area contributed by atoms with Crippen LogP contribution < -0.4 is 10.6 Å². The number of para-hydroxylation sites is 2. The minimum absolute atomic E-state index is 0.0119. The maximum Gasteiger partial charge on any atom is 0.311 e. The van der Waals surface area contributed by atoms with Gasteiger partial charge in [-0.1, -0.05) is 23.9 Å². The molecule has 2 aromatic carbocycles. The van der Waals surface area contributed by atoms with E-state index in [-0.39, 0.29) is 17.9 Å². The number of anilines is 2. The number of rotatable bonds is 5. The monoisotopic (exact) mass is 417 g/mol. The Morgan fingerprint density at radius 3 is 2.72 bits per heavy atom. The summed E-state index contributed by atoms with van der Waals surface area (Å²) in [6.07, 6.45) is 1.69. The second-order valence-corrected chi connectivity index (χ2v) is 6.98. The van der Waals surface area contributed by atoms with E-state index < -0.39 is 23.5 Å². The lowest BCUT2D eigenvalue weighted by molar-refractivity contribution is -0.139. The van der Waals surface area contributed by atoms with Crippen LogP contribution in [-0.4, -0.2) is 29.8 Å². The number of carbonyl (C=O) groups excluding carboxylic acids is 2. The zero-order chi connectivity index (χ0) is 20.8. The summed E-state index contributed by atoms with van der Waals surface area (Å²) in [5.41, 5.74) is 2.12. The van der Waals surface area contributed by atoms with Crippen LogP contribution in [0.25, 0.3) is 0 Å². The highest BCUT2D eigenvalue weighted by molar-refractivity contribution is 8.14. The fourth-order valence-corrected chi connectivity index (χ4v) is 3.23. The van der Waals surface area contributed by atoms with E-state index in [0.717, 1.165) is 29.6 Å². The summed E-state index contributed by atoms with van der Waals surface area (Å²) in [4.78, 5) is 28.4. The molecule has 9 heteroatoms. The molecule has 1 amide bonds. The first-order chi connectivity index (χ1) is 13.9. The number of benzene rings is 2. The number of nitrogens with one attached hydrogen (secondary N) is 2. The first-order valence-corrected chi connectivity index (χ1v) is 9.53. The van der Waals surface area contributed by atoms with Crippen LogP contribution in [0.3, 0.4) is 0 Å². The molecule has 0 aromatic heterocycles. The van der Waals surface area contributed by atoms with Gasteiger partial charge in [0.1, 0.15) is 0 Å². The van der Waals surface area contributed by atoms with Gasteiger partial charge < -0.3 is 15.4 Å². The van der Waals surface area contributed by atoms with Crippen molar-refractivity contribution in [2.24, 2.45) is 4.99 Å². The average molecular weight is 417 g/mol. The number of amides is 1. The van der Waals surface area contributed by atoms with E-state index in [1.807, 2.05) is 18.2 Å². The SMILES string of the molecule is COC(=O)CC1=CC(SCC(=O)Nc2ccc(F)c(F)c2)=Nc2ccccc2N1. The molecule has 1 heterocycles. The van der Waals surface area contributed by atoms with Crippen molar-refractivity contribution in [1.82, 2.24) is 0 Å². The van der Waals surface area contributed by atoms with Crippen molar-refractivity contribution in [3.05, 3.63) is 65.9 Å². The number of nitrogens with zero attached hydrogens (tertiary/aromatic N) is 1. The molecule has 1 aliphatic heterocycles. The maximum absolute atomic E-state index is 13.3. The number of carbonyl (C=O) groups is 2. The van der Waals surface area contributed by atoms with Gasteiger partial charge in [-0.05, 0) is 30.3 Å². The van der Waals surface area contributed by atoms with Gasteiger partial charge in [0.25, 0.3) is 0 Å². The number of methoxy groups -OCH3 is 1. The van der Waals surface area contributed by atoms with Crippen molar-refractivity contribution in [2.45, 2.75) is 6.42 Å². The van der Waals surface area contributed by atoms with Gasteiger partial charge in [-0.2, -0.15) is 0 Å². The molecule has 0 saturated heterocycles. The summed E-state index contributed by atoms with van der Waals surface area (Å²) in [5.74, 6) is -2.86. The molecule has 0 saturated carbocycles. The lowest BCUT2D eigenvalue weighted by Crippen LogP contribution is -2.15. The molecular formula is C20H17F2N3O3S. The second kappa shape index (κ2) is 9.33. The lowest BCUT2D eigenvalue weighted by Gasteiger charge is -2.09. The molecule has 0 atom stereocenters. The first-order valence-electron chi connectivity index (χ1n) is 8.54.